The summed E-state index contributed by atoms with van der Waals surface area (Å²) in [5, 5.41) is 13.6. The summed E-state index contributed by atoms with van der Waals surface area (Å²) in [6, 6.07) is 11.2. The summed E-state index contributed by atoms with van der Waals surface area (Å²) in [4.78, 5) is 16.3. The number of rotatable bonds is 4. The fourth-order valence-corrected chi connectivity index (χ4v) is 2.47. The van der Waals surface area contributed by atoms with Gasteiger partial charge in [0.2, 0.25) is 0 Å². The van der Waals surface area contributed by atoms with Crippen LogP contribution >= 0.6 is 0 Å². The standard InChI is InChI=1S/C17H12FN7O/c18-15-9-13(4-5-16(15)24-7-6-19-10-24)21-17(26)12-2-1-3-14(8-12)25-11-20-22-23-25/h1-11H,(H,21,26). The lowest BCUT2D eigenvalue weighted by molar-refractivity contribution is 0.102. The third-order valence-electron chi connectivity index (χ3n) is 3.71. The van der Waals surface area contributed by atoms with Gasteiger partial charge in [0.1, 0.15) is 12.1 Å². The van der Waals surface area contributed by atoms with Crippen LogP contribution in [0.5, 0.6) is 0 Å². The molecule has 0 saturated carbocycles. The molecule has 0 aliphatic heterocycles. The molecular formula is C17H12FN7O. The van der Waals surface area contributed by atoms with E-state index in [9.17, 15) is 9.18 Å². The summed E-state index contributed by atoms with van der Waals surface area (Å²) in [5.41, 5.74) is 1.74. The SMILES string of the molecule is O=C(Nc1ccc(-n2ccnc2)c(F)c1)c1cccc(-n2cnnn2)c1. The lowest BCUT2D eigenvalue weighted by Crippen LogP contribution is -2.13. The minimum Gasteiger partial charge on any atom is -0.322 e. The van der Waals surface area contributed by atoms with Crippen LogP contribution in [0.25, 0.3) is 11.4 Å². The van der Waals surface area contributed by atoms with Gasteiger partial charge in [-0.25, -0.2) is 14.1 Å². The van der Waals surface area contributed by atoms with Crippen molar-refractivity contribution in [3.8, 4) is 11.4 Å². The fourth-order valence-electron chi connectivity index (χ4n) is 2.47. The zero-order valence-corrected chi connectivity index (χ0v) is 13.3. The molecule has 4 rings (SSSR count). The molecule has 8 nitrogen and oxygen atoms in total. The molecule has 1 N–H and O–H groups in total. The number of amides is 1. The molecule has 0 spiro atoms. The smallest absolute Gasteiger partial charge is 0.255 e. The van der Waals surface area contributed by atoms with E-state index in [-0.39, 0.29) is 5.91 Å². The van der Waals surface area contributed by atoms with Crippen LogP contribution in [0.4, 0.5) is 10.1 Å². The Morgan fingerprint density at radius 2 is 2.04 bits per heavy atom. The summed E-state index contributed by atoms with van der Waals surface area (Å²) in [5.74, 6) is -0.835. The molecule has 0 atom stereocenters. The molecule has 0 aliphatic rings. The first-order chi connectivity index (χ1) is 12.7. The zero-order chi connectivity index (χ0) is 17.9. The second kappa shape index (κ2) is 6.55. The van der Waals surface area contributed by atoms with Crippen LogP contribution < -0.4 is 5.32 Å². The molecule has 0 unspecified atom stereocenters. The first-order valence-electron chi connectivity index (χ1n) is 7.63. The van der Waals surface area contributed by atoms with E-state index >= 15 is 0 Å². The van der Waals surface area contributed by atoms with Gasteiger partial charge < -0.3 is 9.88 Å². The molecular weight excluding hydrogens is 337 g/mol. The highest BCUT2D eigenvalue weighted by Crippen LogP contribution is 2.19. The van der Waals surface area contributed by atoms with Gasteiger partial charge in [-0.3, -0.25) is 4.79 Å². The van der Waals surface area contributed by atoms with Crippen molar-refractivity contribution >= 4 is 11.6 Å². The predicted octanol–water partition coefficient (Wildman–Crippen LogP) is 2.24. The van der Waals surface area contributed by atoms with Crippen LogP contribution in [0.3, 0.4) is 0 Å². The van der Waals surface area contributed by atoms with E-state index in [1.165, 1.54) is 23.4 Å². The summed E-state index contributed by atoms with van der Waals surface area (Å²) in [7, 11) is 0. The summed E-state index contributed by atoms with van der Waals surface area (Å²) >= 11 is 0. The number of halogens is 1. The number of benzene rings is 2. The monoisotopic (exact) mass is 349 g/mol. The number of carbonyl (C=O) groups excluding carboxylic acids is 1. The minimum atomic E-state index is -0.469. The maximum Gasteiger partial charge on any atom is 0.255 e. The zero-order valence-electron chi connectivity index (χ0n) is 13.3. The third-order valence-corrected chi connectivity index (χ3v) is 3.71. The summed E-state index contributed by atoms with van der Waals surface area (Å²) in [6.07, 6.45) is 6.14. The largest absolute Gasteiger partial charge is 0.322 e. The Balaban J connectivity index is 1.55. The van der Waals surface area contributed by atoms with Crippen LogP contribution in [0, 0.1) is 5.82 Å². The van der Waals surface area contributed by atoms with Crippen molar-refractivity contribution in [2.45, 2.75) is 0 Å². The topological polar surface area (TPSA) is 90.5 Å². The third kappa shape index (κ3) is 3.05. The molecule has 26 heavy (non-hydrogen) atoms. The van der Waals surface area contributed by atoms with Crippen LogP contribution in [-0.4, -0.2) is 35.7 Å². The quantitative estimate of drug-likeness (QED) is 0.610. The van der Waals surface area contributed by atoms with Gasteiger partial charge in [-0.05, 0) is 46.8 Å². The molecule has 0 radical (unpaired) electrons. The lowest BCUT2D eigenvalue weighted by Gasteiger charge is -2.09. The van der Waals surface area contributed by atoms with Crippen molar-refractivity contribution in [1.82, 2.24) is 29.8 Å². The van der Waals surface area contributed by atoms with E-state index in [2.05, 4.69) is 25.8 Å². The number of hydrogen-bond acceptors (Lipinski definition) is 5. The van der Waals surface area contributed by atoms with Crippen LogP contribution in [0.15, 0.2) is 67.5 Å². The average Bonchev–Trinajstić information content (AvgIpc) is 3.36. The number of tetrazole rings is 1. The van der Waals surface area contributed by atoms with E-state index in [1.54, 1.807) is 53.4 Å². The molecule has 0 fully saturated rings. The minimum absolute atomic E-state index is 0.348. The maximum absolute atomic E-state index is 14.3. The van der Waals surface area contributed by atoms with Crippen LogP contribution in [0.2, 0.25) is 0 Å². The van der Waals surface area contributed by atoms with Gasteiger partial charge in [-0.2, -0.15) is 0 Å². The van der Waals surface area contributed by atoms with Crippen molar-refractivity contribution in [3.05, 3.63) is 78.9 Å². The van der Waals surface area contributed by atoms with E-state index < -0.39 is 5.82 Å². The molecule has 2 aromatic carbocycles. The maximum atomic E-state index is 14.3. The predicted molar refractivity (Wildman–Crippen MR) is 90.6 cm³/mol. The van der Waals surface area contributed by atoms with Crippen molar-refractivity contribution in [1.29, 1.82) is 0 Å². The van der Waals surface area contributed by atoms with E-state index in [0.29, 0.717) is 22.6 Å². The second-order valence-corrected chi connectivity index (χ2v) is 5.39. The second-order valence-electron chi connectivity index (χ2n) is 5.39. The number of hydrogen-bond donors (Lipinski definition) is 1. The van der Waals surface area contributed by atoms with Crippen molar-refractivity contribution in [3.63, 3.8) is 0 Å². The highest BCUT2D eigenvalue weighted by molar-refractivity contribution is 6.04. The van der Waals surface area contributed by atoms with Gasteiger partial charge in [0, 0.05) is 23.6 Å². The van der Waals surface area contributed by atoms with E-state index in [1.807, 2.05) is 0 Å². The van der Waals surface area contributed by atoms with Gasteiger partial charge in [0.05, 0.1) is 17.7 Å². The Bertz CT molecular complexity index is 1040. The molecule has 9 heteroatoms. The van der Waals surface area contributed by atoms with Crippen molar-refractivity contribution in [2.24, 2.45) is 0 Å². The van der Waals surface area contributed by atoms with Crippen molar-refractivity contribution in [2.75, 3.05) is 5.32 Å². The molecule has 0 aliphatic carbocycles. The van der Waals surface area contributed by atoms with Gasteiger partial charge in [0.15, 0.2) is 0 Å². The first-order valence-corrected chi connectivity index (χ1v) is 7.63. The number of aromatic nitrogens is 6. The van der Waals surface area contributed by atoms with Crippen LogP contribution in [-0.2, 0) is 0 Å². The Morgan fingerprint density at radius 3 is 2.77 bits per heavy atom. The molecule has 2 heterocycles. The summed E-state index contributed by atoms with van der Waals surface area (Å²) < 4.78 is 17.3. The molecule has 1 amide bonds. The Labute approximate surface area is 146 Å². The molecule has 0 bridgehead atoms. The van der Waals surface area contributed by atoms with Gasteiger partial charge in [0.25, 0.3) is 5.91 Å². The Kier molecular flexibility index (Phi) is 3.94. The highest BCUT2D eigenvalue weighted by Gasteiger charge is 2.11. The Hall–Kier alpha value is -3.88. The molecule has 128 valence electrons. The normalized spacial score (nSPS) is 10.7. The number of nitrogens with one attached hydrogen (secondary N) is 1. The molecule has 0 saturated heterocycles. The number of imidazole rings is 1. The molecule has 2 aromatic heterocycles. The number of carbonyl (C=O) groups is 1. The van der Waals surface area contributed by atoms with Gasteiger partial charge >= 0.3 is 0 Å². The van der Waals surface area contributed by atoms with Crippen molar-refractivity contribution < 1.29 is 9.18 Å². The fraction of sp³-hybridized carbons (Fsp3) is 0. The summed E-state index contributed by atoms with van der Waals surface area (Å²) in [6.45, 7) is 0. The van der Waals surface area contributed by atoms with Gasteiger partial charge in [-0.1, -0.05) is 6.07 Å². The van der Waals surface area contributed by atoms with E-state index in [4.69, 9.17) is 0 Å². The average molecular weight is 349 g/mol. The first kappa shape index (κ1) is 15.6. The van der Waals surface area contributed by atoms with Gasteiger partial charge in [-0.15, -0.1) is 5.10 Å². The highest BCUT2D eigenvalue weighted by atomic mass is 19.1. The lowest BCUT2D eigenvalue weighted by atomic mass is 10.2. The van der Waals surface area contributed by atoms with Crippen LogP contribution in [0.1, 0.15) is 10.4 Å². The Morgan fingerprint density at radius 1 is 1.12 bits per heavy atom. The number of nitrogens with zero attached hydrogens (tertiary/aromatic N) is 6. The molecule has 4 aromatic rings. The number of anilines is 1. The van der Waals surface area contributed by atoms with E-state index in [0.717, 1.165) is 0 Å².